The van der Waals surface area contributed by atoms with Gasteiger partial charge in [0, 0.05) is 5.69 Å². The quantitative estimate of drug-likeness (QED) is 0.593. The van der Waals surface area contributed by atoms with E-state index in [4.69, 9.17) is 10.2 Å². The zero-order chi connectivity index (χ0) is 20.6. The van der Waals surface area contributed by atoms with Crippen molar-refractivity contribution in [3.8, 4) is 11.5 Å². The minimum absolute atomic E-state index is 0.215. The number of carbonyl (C=O) groups is 1. The van der Waals surface area contributed by atoms with Crippen LogP contribution in [0.25, 0.3) is 11.5 Å². The van der Waals surface area contributed by atoms with Crippen LogP contribution in [0.4, 0.5) is 29.3 Å². The molecule has 1 aliphatic carbocycles. The van der Waals surface area contributed by atoms with Gasteiger partial charge in [-0.05, 0) is 49.2 Å². The van der Waals surface area contributed by atoms with Crippen molar-refractivity contribution >= 4 is 17.4 Å². The van der Waals surface area contributed by atoms with E-state index >= 15 is 0 Å². The summed E-state index contributed by atoms with van der Waals surface area (Å²) in [4.78, 5) is 11.2. The number of hydrogen-bond donors (Lipinski definition) is 3. The fraction of sp³-hybridized carbons (Fsp3) is 0.211. The molecule has 150 valence electrons. The molecule has 0 spiro atoms. The summed E-state index contributed by atoms with van der Waals surface area (Å²) >= 11 is 0. The molecule has 7 nitrogen and oxygen atoms in total. The molecule has 1 saturated carbocycles. The Kier molecular flexibility index (Phi) is 4.40. The first kappa shape index (κ1) is 18.8. The highest BCUT2D eigenvalue weighted by atomic mass is 19.4. The molecule has 4 rings (SSSR count). The molecule has 1 aliphatic rings. The lowest BCUT2D eigenvalue weighted by Crippen LogP contribution is -2.38. The Morgan fingerprint density at radius 1 is 1.07 bits per heavy atom. The number of anilines is 2. The SMILES string of the molecule is NC(=O)NC1(c2nnc(-c3ccccc3Nc3ccc(C(F)(F)F)cc3)o2)CC1. The molecule has 2 amide bonds. The number of carbonyl (C=O) groups excluding carboxylic acids is 1. The van der Waals surface area contributed by atoms with Crippen molar-refractivity contribution in [2.45, 2.75) is 24.6 Å². The third kappa shape index (κ3) is 3.86. The summed E-state index contributed by atoms with van der Waals surface area (Å²) < 4.78 is 44.0. The number of primary amides is 1. The van der Waals surface area contributed by atoms with Gasteiger partial charge in [0.05, 0.1) is 16.8 Å². The highest BCUT2D eigenvalue weighted by Crippen LogP contribution is 2.45. The van der Waals surface area contributed by atoms with Crippen LogP contribution >= 0.6 is 0 Å². The zero-order valence-corrected chi connectivity index (χ0v) is 15.0. The first-order valence-electron chi connectivity index (χ1n) is 8.72. The van der Waals surface area contributed by atoms with Crippen molar-refractivity contribution in [2.75, 3.05) is 5.32 Å². The van der Waals surface area contributed by atoms with E-state index in [1.54, 1.807) is 24.3 Å². The number of halogens is 3. The molecule has 4 N–H and O–H groups in total. The summed E-state index contributed by atoms with van der Waals surface area (Å²) in [5.41, 5.74) is 5.37. The number of nitrogens with zero attached hydrogens (tertiary/aromatic N) is 2. The topological polar surface area (TPSA) is 106 Å². The minimum atomic E-state index is -4.39. The van der Waals surface area contributed by atoms with Crippen molar-refractivity contribution in [2.24, 2.45) is 5.73 Å². The van der Waals surface area contributed by atoms with Gasteiger partial charge in [-0.2, -0.15) is 13.2 Å². The van der Waals surface area contributed by atoms with Gasteiger partial charge in [0.2, 0.25) is 11.8 Å². The first-order chi connectivity index (χ1) is 13.8. The number of alkyl halides is 3. The smallest absolute Gasteiger partial charge is 0.416 e. The van der Waals surface area contributed by atoms with E-state index in [-0.39, 0.29) is 11.8 Å². The number of amides is 2. The first-order valence-corrected chi connectivity index (χ1v) is 8.72. The third-order valence-electron chi connectivity index (χ3n) is 4.60. The number of aromatic nitrogens is 2. The Bertz CT molecular complexity index is 1040. The van der Waals surface area contributed by atoms with E-state index in [2.05, 4.69) is 20.8 Å². The molecule has 1 aromatic heterocycles. The molecule has 1 fully saturated rings. The standard InChI is InChI=1S/C19H16F3N5O2/c20-19(21,22)11-5-7-12(8-6-11)24-14-4-2-1-3-13(14)15-26-27-16(29-15)18(9-10-18)25-17(23)28/h1-8,24H,9-10H2,(H3,23,25,28). The third-order valence-corrected chi connectivity index (χ3v) is 4.60. The lowest BCUT2D eigenvalue weighted by molar-refractivity contribution is -0.137. The molecular weight excluding hydrogens is 387 g/mol. The van der Waals surface area contributed by atoms with Gasteiger partial charge in [-0.3, -0.25) is 0 Å². The number of benzene rings is 2. The molecule has 2 aromatic carbocycles. The van der Waals surface area contributed by atoms with Crippen LogP contribution in [0.1, 0.15) is 24.3 Å². The lowest BCUT2D eigenvalue weighted by atomic mass is 10.1. The van der Waals surface area contributed by atoms with Gasteiger partial charge in [0.15, 0.2) is 0 Å². The van der Waals surface area contributed by atoms with E-state index in [1.165, 1.54) is 12.1 Å². The average molecular weight is 403 g/mol. The highest BCUT2D eigenvalue weighted by Gasteiger charge is 2.50. The summed E-state index contributed by atoms with van der Waals surface area (Å²) in [6, 6.07) is 11.0. The summed E-state index contributed by atoms with van der Waals surface area (Å²) in [5, 5.41) is 13.8. The van der Waals surface area contributed by atoms with Crippen molar-refractivity contribution in [1.29, 1.82) is 0 Å². The van der Waals surface area contributed by atoms with E-state index in [0.29, 0.717) is 29.8 Å². The van der Waals surface area contributed by atoms with Gasteiger partial charge < -0.3 is 20.8 Å². The second-order valence-electron chi connectivity index (χ2n) is 6.73. The number of para-hydroxylation sites is 1. The summed E-state index contributed by atoms with van der Waals surface area (Å²) in [6.45, 7) is 0. The Labute approximate surface area is 163 Å². The molecule has 0 unspecified atom stereocenters. The Hall–Kier alpha value is -3.56. The molecule has 0 aliphatic heterocycles. The molecule has 29 heavy (non-hydrogen) atoms. The van der Waals surface area contributed by atoms with Crippen LogP contribution in [0, 0.1) is 0 Å². The van der Waals surface area contributed by atoms with Gasteiger partial charge in [-0.15, -0.1) is 10.2 Å². The molecule has 10 heteroatoms. The molecule has 0 radical (unpaired) electrons. The molecule has 3 aromatic rings. The van der Waals surface area contributed by atoms with Gasteiger partial charge in [0.1, 0.15) is 5.54 Å². The highest BCUT2D eigenvalue weighted by molar-refractivity contribution is 5.77. The average Bonchev–Trinajstić information content (AvgIpc) is 3.26. The van der Waals surface area contributed by atoms with Crippen LogP contribution in [0.3, 0.4) is 0 Å². The molecule has 1 heterocycles. The number of urea groups is 1. The fourth-order valence-electron chi connectivity index (χ4n) is 2.96. The maximum atomic E-state index is 12.7. The molecular formula is C19H16F3N5O2. The van der Waals surface area contributed by atoms with Crippen LogP contribution in [0.2, 0.25) is 0 Å². The Morgan fingerprint density at radius 3 is 2.38 bits per heavy atom. The minimum Gasteiger partial charge on any atom is -0.418 e. The Balaban J connectivity index is 1.59. The van der Waals surface area contributed by atoms with Crippen molar-refractivity contribution in [3.05, 3.63) is 60.0 Å². The van der Waals surface area contributed by atoms with E-state index in [0.717, 1.165) is 12.1 Å². The lowest BCUT2D eigenvalue weighted by Gasteiger charge is -2.12. The second-order valence-corrected chi connectivity index (χ2v) is 6.73. The van der Waals surface area contributed by atoms with Crippen LogP contribution in [0.15, 0.2) is 52.9 Å². The van der Waals surface area contributed by atoms with E-state index in [1.807, 2.05) is 0 Å². The number of rotatable bonds is 5. The van der Waals surface area contributed by atoms with E-state index < -0.39 is 23.3 Å². The maximum Gasteiger partial charge on any atom is 0.416 e. The van der Waals surface area contributed by atoms with Gasteiger partial charge in [0.25, 0.3) is 0 Å². The summed E-state index contributed by atoms with van der Waals surface area (Å²) in [7, 11) is 0. The van der Waals surface area contributed by atoms with Crippen molar-refractivity contribution < 1.29 is 22.4 Å². The van der Waals surface area contributed by atoms with Crippen molar-refractivity contribution in [3.63, 3.8) is 0 Å². The summed E-state index contributed by atoms with van der Waals surface area (Å²) in [6.07, 6.45) is -3.11. The van der Waals surface area contributed by atoms with Crippen molar-refractivity contribution in [1.82, 2.24) is 15.5 Å². The van der Waals surface area contributed by atoms with Gasteiger partial charge >= 0.3 is 12.2 Å². The fourth-order valence-corrected chi connectivity index (χ4v) is 2.96. The molecule has 0 bridgehead atoms. The number of hydrogen-bond acceptors (Lipinski definition) is 5. The van der Waals surface area contributed by atoms with Crippen LogP contribution in [-0.4, -0.2) is 16.2 Å². The van der Waals surface area contributed by atoms with Crippen LogP contribution < -0.4 is 16.4 Å². The van der Waals surface area contributed by atoms with Gasteiger partial charge in [-0.1, -0.05) is 12.1 Å². The summed E-state index contributed by atoms with van der Waals surface area (Å²) in [5.74, 6) is 0.475. The monoisotopic (exact) mass is 403 g/mol. The van der Waals surface area contributed by atoms with Crippen LogP contribution in [0.5, 0.6) is 0 Å². The number of nitrogens with two attached hydrogens (primary N) is 1. The second kappa shape index (κ2) is 6.80. The zero-order valence-electron chi connectivity index (χ0n) is 15.0. The maximum absolute atomic E-state index is 12.7. The largest absolute Gasteiger partial charge is 0.418 e. The van der Waals surface area contributed by atoms with Crippen LogP contribution in [-0.2, 0) is 11.7 Å². The predicted octanol–water partition coefficient (Wildman–Crippen LogP) is 4.16. The van der Waals surface area contributed by atoms with Gasteiger partial charge in [-0.25, -0.2) is 4.79 Å². The molecule has 0 saturated heterocycles. The molecule has 0 atom stereocenters. The van der Waals surface area contributed by atoms with E-state index in [9.17, 15) is 18.0 Å². The Morgan fingerprint density at radius 2 is 1.76 bits per heavy atom. The normalized spacial score (nSPS) is 15.0. The predicted molar refractivity (Wildman–Crippen MR) is 98.1 cm³/mol. The number of nitrogens with one attached hydrogen (secondary N) is 2.